The lowest BCUT2D eigenvalue weighted by atomic mass is 10.1. The first-order valence-corrected chi connectivity index (χ1v) is 6.95. The molecule has 1 aliphatic carbocycles. The van der Waals surface area contributed by atoms with Gasteiger partial charge in [-0.2, -0.15) is 0 Å². The maximum atomic E-state index is 3.69. The molecule has 0 amide bonds. The Morgan fingerprint density at radius 1 is 1.21 bits per heavy atom. The highest BCUT2D eigenvalue weighted by Crippen LogP contribution is 2.34. The highest BCUT2D eigenvalue weighted by atomic mass is 15.1. The van der Waals surface area contributed by atoms with Crippen LogP contribution in [0.3, 0.4) is 0 Å². The topological polar surface area (TPSA) is 3.24 Å². The Morgan fingerprint density at radius 3 is 2.53 bits per heavy atom. The van der Waals surface area contributed by atoms with Crippen molar-refractivity contribution in [1.29, 1.82) is 0 Å². The molecule has 1 heteroatoms. The van der Waals surface area contributed by atoms with Crippen LogP contribution in [0.2, 0.25) is 0 Å². The van der Waals surface area contributed by atoms with Crippen molar-refractivity contribution in [3.63, 3.8) is 0 Å². The number of allylic oxidation sites excluding steroid dienone is 4. The fourth-order valence-electron chi connectivity index (χ4n) is 2.21. The highest BCUT2D eigenvalue weighted by molar-refractivity contribution is 5.77. The van der Waals surface area contributed by atoms with E-state index < -0.39 is 0 Å². The molecule has 0 unspecified atom stereocenters. The predicted octanol–water partition coefficient (Wildman–Crippen LogP) is 5.20. The van der Waals surface area contributed by atoms with Gasteiger partial charge in [-0.05, 0) is 55.2 Å². The zero-order valence-electron chi connectivity index (χ0n) is 12.8. The quantitative estimate of drug-likeness (QED) is 0.671. The first-order chi connectivity index (χ1) is 9.13. The summed E-state index contributed by atoms with van der Waals surface area (Å²) in [6, 6.07) is 6.69. The largest absolute Gasteiger partial charge is 0.351 e. The lowest BCUT2D eigenvalue weighted by Gasteiger charge is -2.15. The summed E-state index contributed by atoms with van der Waals surface area (Å²) in [6.45, 7) is 12.1. The summed E-state index contributed by atoms with van der Waals surface area (Å²) >= 11 is 0. The Kier molecular flexibility index (Phi) is 5.62. The monoisotopic (exact) mass is 255 g/mol. The van der Waals surface area contributed by atoms with Crippen molar-refractivity contribution in [2.24, 2.45) is 0 Å². The number of rotatable bonds is 3. The zero-order valence-corrected chi connectivity index (χ0v) is 12.8. The maximum Gasteiger partial charge on any atom is 0.0409 e. The smallest absolute Gasteiger partial charge is 0.0409 e. The average molecular weight is 255 g/mol. The van der Waals surface area contributed by atoms with Crippen molar-refractivity contribution >= 4 is 11.3 Å². The molecule has 0 radical (unpaired) electrons. The van der Waals surface area contributed by atoms with Gasteiger partial charge in [0.15, 0.2) is 0 Å². The van der Waals surface area contributed by atoms with Gasteiger partial charge in [0.1, 0.15) is 0 Å². The van der Waals surface area contributed by atoms with E-state index in [0.29, 0.717) is 0 Å². The fraction of sp³-hybridized carbons (Fsp3) is 0.333. The van der Waals surface area contributed by atoms with Gasteiger partial charge in [-0.15, -0.1) is 0 Å². The third-order valence-electron chi connectivity index (χ3n) is 3.45. The van der Waals surface area contributed by atoms with Crippen molar-refractivity contribution in [2.75, 3.05) is 11.9 Å². The van der Waals surface area contributed by atoms with Crippen LogP contribution >= 0.6 is 0 Å². The average Bonchev–Trinajstić information content (AvgIpc) is 2.73. The number of anilines is 1. The molecule has 0 saturated heterocycles. The summed E-state index contributed by atoms with van der Waals surface area (Å²) in [5.41, 5.74) is 6.99. The molecule has 0 bridgehead atoms. The second-order valence-corrected chi connectivity index (χ2v) is 4.61. The Hall–Kier alpha value is -1.76. The number of hydrogen-bond acceptors (Lipinski definition) is 1. The van der Waals surface area contributed by atoms with Crippen LogP contribution in [0.1, 0.15) is 38.8 Å². The minimum atomic E-state index is 1.10. The van der Waals surface area contributed by atoms with Gasteiger partial charge in [-0.3, -0.25) is 0 Å². The Bertz CT molecular complexity index is 506. The normalized spacial score (nSPS) is 13.1. The fourth-order valence-corrected chi connectivity index (χ4v) is 2.21. The van der Waals surface area contributed by atoms with Crippen LogP contribution in [0.4, 0.5) is 5.69 Å². The van der Waals surface area contributed by atoms with Crippen molar-refractivity contribution in [2.45, 2.75) is 34.1 Å². The molecular weight excluding hydrogens is 230 g/mol. The molecule has 1 aliphatic rings. The summed E-state index contributed by atoms with van der Waals surface area (Å²) in [6.07, 6.45) is 6.86. The molecule has 1 nitrogen and oxygen atoms in total. The molecule has 0 spiro atoms. The molecule has 19 heavy (non-hydrogen) atoms. The van der Waals surface area contributed by atoms with E-state index in [2.05, 4.69) is 50.6 Å². The van der Waals surface area contributed by atoms with Gasteiger partial charge in [0.2, 0.25) is 0 Å². The third kappa shape index (κ3) is 3.37. The lowest BCUT2D eigenvalue weighted by Crippen LogP contribution is -2.07. The molecule has 0 atom stereocenters. The van der Waals surface area contributed by atoms with E-state index in [-0.39, 0.29) is 0 Å². The molecular formula is C18H25N. The molecule has 0 saturated carbocycles. The number of nitrogens with zero attached hydrogens (tertiary/aromatic N) is 1. The Morgan fingerprint density at radius 2 is 1.89 bits per heavy atom. The molecule has 1 aromatic rings. The van der Waals surface area contributed by atoms with E-state index in [4.69, 9.17) is 0 Å². The van der Waals surface area contributed by atoms with E-state index in [1.807, 2.05) is 26.1 Å². The van der Waals surface area contributed by atoms with Crippen molar-refractivity contribution < 1.29 is 0 Å². The summed E-state index contributed by atoms with van der Waals surface area (Å²) in [4.78, 5) is 2.11. The van der Waals surface area contributed by atoms with Gasteiger partial charge in [-0.25, -0.2) is 0 Å². The maximum absolute atomic E-state index is 3.69. The molecule has 1 aromatic carbocycles. The molecule has 2 rings (SSSR count). The zero-order chi connectivity index (χ0) is 14.4. The summed E-state index contributed by atoms with van der Waals surface area (Å²) in [7, 11) is 2.06. The third-order valence-corrected chi connectivity index (χ3v) is 3.45. The minimum absolute atomic E-state index is 1.10. The van der Waals surface area contributed by atoms with Crippen molar-refractivity contribution in [1.82, 2.24) is 0 Å². The van der Waals surface area contributed by atoms with Gasteiger partial charge in [0, 0.05) is 18.9 Å². The van der Waals surface area contributed by atoms with E-state index in [1.165, 1.54) is 28.0 Å². The van der Waals surface area contributed by atoms with E-state index in [0.717, 1.165) is 6.42 Å². The van der Waals surface area contributed by atoms with Crippen molar-refractivity contribution in [3.05, 3.63) is 59.8 Å². The molecule has 102 valence electrons. The Labute approximate surface area is 118 Å². The van der Waals surface area contributed by atoms with Gasteiger partial charge in [0.05, 0.1) is 0 Å². The van der Waals surface area contributed by atoms with E-state index >= 15 is 0 Å². The van der Waals surface area contributed by atoms with Crippen LogP contribution in [0, 0.1) is 0 Å². The number of benzene rings is 1. The van der Waals surface area contributed by atoms with Gasteiger partial charge in [0.25, 0.3) is 0 Å². The number of fused-ring (bicyclic) bond motifs is 1. The van der Waals surface area contributed by atoms with Crippen LogP contribution in [-0.2, 0) is 6.42 Å². The molecule has 0 aromatic heterocycles. The lowest BCUT2D eigenvalue weighted by molar-refractivity contribution is 1.17. The molecule has 0 heterocycles. The number of hydrogen-bond donors (Lipinski definition) is 0. The summed E-state index contributed by atoms with van der Waals surface area (Å²) in [5.74, 6) is 0. The van der Waals surface area contributed by atoms with Crippen LogP contribution < -0.4 is 4.90 Å². The second kappa shape index (κ2) is 6.98. The van der Waals surface area contributed by atoms with Crippen molar-refractivity contribution in [3.8, 4) is 0 Å². The first-order valence-electron chi connectivity index (χ1n) is 6.95. The first kappa shape index (κ1) is 15.3. The summed E-state index contributed by atoms with van der Waals surface area (Å²) in [5, 5.41) is 0. The van der Waals surface area contributed by atoms with Crippen LogP contribution in [0.5, 0.6) is 0 Å². The van der Waals surface area contributed by atoms with Gasteiger partial charge < -0.3 is 4.90 Å². The SMILES string of the molecule is C=CC=CN(C)c1ccc2c(c1)C(C)=C(C)C2.CC. The predicted molar refractivity (Wildman–Crippen MR) is 87.5 cm³/mol. The van der Waals surface area contributed by atoms with Crippen LogP contribution in [-0.4, -0.2) is 7.05 Å². The van der Waals surface area contributed by atoms with Gasteiger partial charge >= 0.3 is 0 Å². The highest BCUT2D eigenvalue weighted by Gasteiger charge is 2.15. The van der Waals surface area contributed by atoms with Crippen LogP contribution in [0.15, 0.2) is 48.7 Å². The molecule has 0 fully saturated rings. The molecule has 0 aliphatic heterocycles. The van der Waals surface area contributed by atoms with E-state index in [1.54, 1.807) is 6.08 Å². The van der Waals surface area contributed by atoms with E-state index in [9.17, 15) is 0 Å². The minimum Gasteiger partial charge on any atom is -0.351 e. The standard InChI is InChI=1S/C16H19N.C2H6/c1-5-6-9-17(4)15-8-7-14-10-12(2)13(3)16(14)11-15;1-2/h5-9,11H,1,10H2,2-4H3;1-2H3. The summed E-state index contributed by atoms with van der Waals surface area (Å²) < 4.78 is 0. The Balaban J connectivity index is 0.000000861. The van der Waals surface area contributed by atoms with Crippen LogP contribution in [0.25, 0.3) is 5.57 Å². The second-order valence-electron chi connectivity index (χ2n) is 4.61. The molecule has 0 N–H and O–H groups in total. The van der Waals surface area contributed by atoms with Gasteiger partial charge in [-0.1, -0.05) is 38.1 Å².